The van der Waals surface area contributed by atoms with Gasteiger partial charge in [0, 0.05) is 6.20 Å². The summed E-state index contributed by atoms with van der Waals surface area (Å²) in [5.41, 5.74) is 1.02. The highest BCUT2D eigenvalue weighted by Crippen LogP contribution is 2.28. The summed E-state index contributed by atoms with van der Waals surface area (Å²) in [5, 5.41) is 7.93. The van der Waals surface area contributed by atoms with Crippen LogP contribution in [0.2, 0.25) is 0 Å². The first-order valence-corrected chi connectivity index (χ1v) is 8.43. The van der Waals surface area contributed by atoms with Crippen molar-refractivity contribution >= 4 is 5.82 Å². The van der Waals surface area contributed by atoms with Gasteiger partial charge in [0.1, 0.15) is 5.82 Å². The van der Waals surface area contributed by atoms with Crippen LogP contribution in [0.4, 0.5) is 5.82 Å². The zero-order valence-corrected chi connectivity index (χ0v) is 13.9. The number of hydrogen-bond acceptors (Lipinski definition) is 5. The van der Waals surface area contributed by atoms with Crippen molar-refractivity contribution in [1.82, 2.24) is 19.7 Å². The van der Waals surface area contributed by atoms with Crippen LogP contribution in [0.3, 0.4) is 0 Å². The van der Waals surface area contributed by atoms with Crippen LogP contribution in [-0.2, 0) is 6.54 Å². The largest absolute Gasteiger partial charge is 0.476 e. The van der Waals surface area contributed by atoms with Crippen molar-refractivity contribution in [3.8, 4) is 5.88 Å². The zero-order chi connectivity index (χ0) is 16.1. The number of aromatic nitrogens is 4. The molecule has 0 aromatic carbocycles. The molecule has 2 aromatic rings. The molecule has 0 atom stereocenters. The van der Waals surface area contributed by atoms with Crippen LogP contribution in [-0.4, -0.2) is 26.4 Å². The van der Waals surface area contributed by atoms with Crippen molar-refractivity contribution in [2.24, 2.45) is 5.92 Å². The van der Waals surface area contributed by atoms with Gasteiger partial charge < -0.3 is 10.1 Å². The van der Waals surface area contributed by atoms with E-state index in [9.17, 15) is 0 Å². The van der Waals surface area contributed by atoms with Crippen molar-refractivity contribution in [3.63, 3.8) is 0 Å². The van der Waals surface area contributed by atoms with Crippen LogP contribution in [0.15, 0.2) is 24.7 Å². The van der Waals surface area contributed by atoms with Crippen molar-refractivity contribution in [2.45, 2.75) is 52.1 Å². The summed E-state index contributed by atoms with van der Waals surface area (Å²) < 4.78 is 7.71. The molecule has 2 aromatic heterocycles. The highest BCUT2D eigenvalue weighted by Gasteiger charge is 2.17. The van der Waals surface area contributed by atoms with Crippen molar-refractivity contribution in [1.29, 1.82) is 0 Å². The lowest BCUT2D eigenvalue weighted by Crippen LogP contribution is -2.09. The topological polar surface area (TPSA) is 64.9 Å². The van der Waals surface area contributed by atoms with Crippen LogP contribution in [0.5, 0.6) is 5.88 Å². The van der Waals surface area contributed by atoms with E-state index in [2.05, 4.69) is 51.2 Å². The maximum atomic E-state index is 5.60. The summed E-state index contributed by atoms with van der Waals surface area (Å²) in [4.78, 5) is 8.58. The fourth-order valence-corrected chi connectivity index (χ4v) is 2.78. The van der Waals surface area contributed by atoms with E-state index >= 15 is 0 Å². The maximum absolute atomic E-state index is 5.60. The molecule has 1 fully saturated rings. The molecule has 1 N–H and O–H groups in total. The Morgan fingerprint density at radius 2 is 2.13 bits per heavy atom. The minimum absolute atomic E-state index is 0.466. The van der Waals surface area contributed by atoms with Gasteiger partial charge in [0.05, 0.1) is 37.3 Å². The van der Waals surface area contributed by atoms with Gasteiger partial charge in [-0.05, 0) is 24.8 Å². The number of hydrogen-bond donors (Lipinski definition) is 1. The SMILES string of the molecule is CC(C)COc1cncc(NCc2ccn(C3CCCC3)n2)n1. The second kappa shape index (κ2) is 7.44. The van der Waals surface area contributed by atoms with Gasteiger partial charge in [-0.15, -0.1) is 0 Å². The first-order valence-electron chi connectivity index (χ1n) is 8.43. The number of nitrogens with one attached hydrogen (secondary N) is 1. The predicted octanol–water partition coefficient (Wildman–Crippen LogP) is 3.44. The Morgan fingerprint density at radius 1 is 1.30 bits per heavy atom. The molecule has 124 valence electrons. The molecule has 1 aliphatic rings. The molecule has 0 bridgehead atoms. The molecule has 6 nitrogen and oxygen atoms in total. The molecule has 0 amide bonds. The van der Waals surface area contributed by atoms with E-state index in [4.69, 9.17) is 4.74 Å². The number of anilines is 1. The maximum Gasteiger partial charge on any atom is 0.234 e. The highest BCUT2D eigenvalue weighted by molar-refractivity contribution is 5.33. The average molecular weight is 315 g/mol. The molecule has 2 heterocycles. The van der Waals surface area contributed by atoms with Gasteiger partial charge in [0.25, 0.3) is 0 Å². The molecular weight excluding hydrogens is 290 g/mol. The molecule has 0 aliphatic heterocycles. The lowest BCUT2D eigenvalue weighted by Gasteiger charge is -2.10. The number of nitrogens with zero attached hydrogens (tertiary/aromatic N) is 4. The summed E-state index contributed by atoms with van der Waals surface area (Å²) in [6, 6.07) is 2.65. The Bertz CT molecular complexity index is 619. The van der Waals surface area contributed by atoms with Gasteiger partial charge in [-0.25, -0.2) is 0 Å². The van der Waals surface area contributed by atoms with Gasteiger partial charge in [0.15, 0.2) is 0 Å². The van der Waals surface area contributed by atoms with E-state index in [0.717, 1.165) is 5.69 Å². The Labute approximate surface area is 137 Å². The van der Waals surface area contributed by atoms with Crippen LogP contribution in [0.25, 0.3) is 0 Å². The lowest BCUT2D eigenvalue weighted by molar-refractivity contribution is 0.260. The number of ether oxygens (including phenoxy) is 1. The second-order valence-electron chi connectivity index (χ2n) is 6.53. The lowest BCUT2D eigenvalue weighted by atomic mass is 10.2. The Balaban J connectivity index is 1.54. The third-order valence-electron chi connectivity index (χ3n) is 3.99. The van der Waals surface area contributed by atoms with Gasteiger partial charge in [-0.2, -0.15) is 10.1 Å². The predicted molar refractivity (Wildman–Crippen MR) is 89.4 cm³/mol. The molecule has 3 rings (SSSR count). The zero-order valence-electron chi connectivity index (χ0n) is 13.9. The minimum Gasteiger partial charge on any atom is -0.476 e. The average Bonchev–Trinajstić information content (AvgIpc) is 3.22. The molecule has 1 aliphatic carbocycles. The quantitative estimate of drug-likeness (QED) is 0.848. The van der Waals surface area contributed by atoms with Crippen LogP contribution >= 0.6 is 0 Å². The molecule has 0 unspecified atom stereocenters. The van der Waals surface area contributed by atoms with Crippen molar-refractivity contribution < 1.29 is 4.74 Å². The highest BCUT2D eigenvalue weighted by atomic mass is 16.5. The van der Waals surface area contributed by atoms with Gasteiger partial charge in [0.2, 0.25) is 5.88 Å². The number of rotatable bonds is 7. The third-order valence-corrected chi connectivity index (χ3v) is 3.99. The molecule has 0 radical (unpaired) electrons. The van der Waals surface area contributed by atoms with E-state index in [1.807, 2.05) is 0 Å². The molecule has 6 heteroatoms. The second-order valence-corrected chi connectivity index (χ2v) is 6.53. The molecule has 1 saturated carbocycles. The van der Waals surface area contributed by atoms with E-state index in [1.165, 1.54) is 25.7 Å². The van der Waals surface area contributed by atoms with Crippen molar-refractivity contribution in [3.05, 3.63) is 30.4 Å². The van der Waals surface area contributed by atoms with E-state index in [-0.39, 0.29) is 0 Å². The Morgan fingerprint density at radius 3 is 2.91 bits per heavy atom. The Kier molecular flexibility index (Phi) is 5.10. The van der Waals surface area contributed by atoms with Crippen LogP contribution in [0, 0.1) is 5.92 Å². The van der Waals surface area contributed by atoms with Crippen molar-refractivity contribution in [2.75, 3.05) is 11.9 Å². The normalized spacial score (nSPS) is 15.3. The van der Waals surface area contributed by atoms with E-state index in [1.54, 1.807) is 12.4 Å². The Hall–Kier alpha value is -2.11. The smallest absolute Gasteiger partial charge is 0.234 e. The monoisotopic (exact) mass is 315 g/mol. The van der Waals surface area contributed by atoms with Crippen LogP contribution in [0.1, 0.15) is 51.3 Å². The van der Waals surface area contributed by atoms with E-state index in [0.29, 0.717) is 36.8 Å². The fraction of sp³-hybridized carbons (Fsp3) is 0.588. The summed E-state index contributed by atoms with van der Waals surface area (Å²) >= 11 is 0. The molecule has 23 heavy (non-hydrogen) atoms. The van der Waals surface area contributed by atoms with Gasteiger partial charge in [-0.3, -0.25) is 9.67 Å². The molecule has 0 saturated heterocycles. The minimum atomic E-state index is 0.466. The first kappa shape index (κ1) is 15.8. The fourth-order valence-electron chi connectivity index (χ4n) is 2.78. The standard InChI is InChI=1S/C17H25N5O/c1-13(2)12-23-17-11-18-10-16(20-17)19-9-14-7-8-22(21-14)15-5-3-4-6-15/h7-8,10-11,13,15H,3-6,9,12H2,1-2H3,(H,19,20). The summed E-state index contributed by atoms with van der Waals surface area (Å²) in [6.07, 6.45) is 10.6. The summed E-state index contributed by atoms with van der Waals surface area (Å²) in [6.45, 7) is 5.50. The van der Waals surface area contributed by atoms with Gasteiger partial charge >= 0.3 is 0 Å². The van der Waals surface area contributed by atoms with Gasteiger partial charge in [-0.1, -0.05) is 26.7 Å². The third kappa shape index (κ3) is 4.43. The molecular formula is C17H25N5O. The first-order chi connectivity index (χ1) is 11.2. The molecule has 0 spiro atoms. The summed E-state index contributed by atoms with van der Waals surface area (Å²) in [7, 11) is 0. The van der Waals surface area contributed by atoms with E-state index < -0.39 is 0 Å². The van der Waals surface area contributed by atoms with Crippen LogP contribution < -0.4 is 10.1 Å². The summed E-state index contributed by atoms with van der Waals surface area (Å²) in [5.74, 6) is 1.73.